The lowest BCUT2D eigenvalue weighted by Crippen LogP contribution is -2.50. The summed E-state index contributed by atoms with van der Waals surface area (Å²) in [5.74, 6) is -1.54. The molecule has 5 N–H and O–H groups in total. The molecule has 0 saturated carbocycles. The van der Waals surface area contributed by atoms with Gasteiger partial charge in [0.05, 0.1) is 4.92 Å². The predicted molar refractivity (Wildman–Crippen MR) is 98.1 cm³/mol. The highest BCUT2D eigenvalue weighted by Crippen LogP contribution is 2.18. The smallest absolute Gasteiger partial charge is 0.431 e. The first-order valence-electron chi connectivity index (χ1n) is 8.61. The number of hydrogen-bond donors (Lipinski definition) is 5. The van der Waals surface area contributed by atoms with Crippen molar-refractivity contribution in [2.45, 2.75) is 50.8 Å². The zero-order valence-corrected chi connectivity index (χ0v) is 16.4. The predicted octanol–water partition coefficient (Wildman–Crippen LogP) is -0.600. The number of nitro benzene ring substituents is 1. The number of esters is 1. The number of non-ortho nitro benzene ring substituents is 1. The molecule has 0 spiro atoms. The van der Waals surface area contributed by atoms with E-state index in [2.05, 4.69) is 4.84 Å². The maximum atomic E-state index is 11.9. The molecule has 168 valence electrons. The first-order chi connectivity index (χ1) is 13.8. The third-order valence-electron chi connectivity index (χ3n) is 3.38. The Morgan fingerprint density at radius 3 is 2.17 bits per heavy atom. The van der Waals surface area contributed by atoms with E-state index in [0.717, 1.165) is 24.3 Å². The summed E-state index contributed by atoms with van der Waals surface area (Å²) in [5, 5.41) is 49.9. The van der Waals surface area contributed by atoms with Gasteiger partial charge in [0, 0.05) is 12.1 Å². The van der Waals surface area contributed by atoms with Crippen molar-refractivity contribution in [3.8, 4) is 5.75 Å². The zero-order valence-electron chi connectivity index (χ0n) is 16.4. The van der Waals surface area contributed by atoms with Gasteiger partial charge in [-0.2, -0.15) is 5.48 Å². The van der Waals surface area contributed by atoms with Gasteiger partial charge in [-0.25, -0.2) is 9.59 Å². The van der Waals surface area contributed by atoms with E-state index in [1.807, 2.05) is 5.48 Å². The van der Waals surface area contributed by atoms with Crippen LogP contribution in [0.4, 0.5) is 10.5 Å². The highest BCUT2D eigenvalue weighted by atomic mass is 16.7. The van der Waals surface area contributed by atoms with Crippen LogP contribution in [-0.2, 0) is 14.4 Å². The Kier molecular flexibility index (Phi) is 9.07. The van der Waals surface area contributed by atoms with Crippen molar-refractivity contribution in [1.29, 1.82) is 0 Å². The summed E-state index contributed by atoms with van der Waals surface area (Å²) in [5.41, 5.74) is 0.794. The van der Waals surface area contributed by atoms with Crippen molar-refractivity contribution in [3.05, 3.63) is 34.4 Å². The number of amides is 1. The van der Waals surface area contributed by atoms with Crippen molar-refractivity contribution in [1.82, 2.24) is 5.48 Å². The van der Waals surface area contributed by atoms with E-state index in [4.69, 9.17) is 9.47 Å². The SMILES string of the molecule is CC(C)(C)OC(=O)NOCC(O)C(O)C(O)C(O)C(=O)Oc1ccc([N+](=O)[O-])cc1. The summed E-state index contributed by atoms with van der Waals surface area (Å²) in [4.78, 5) is 37.8. The number of hydroxylamine groups is 1. The van der Waals surface area contributed by atoms with E-state index in [-0.39, 0.29) is 11.4 Å². The Labute approximate surface area is 170 Å². The van der Waals surface area contributed by atoms with E-state index < -0.39 is 53.6 Å². The van der Waals surface area contributed by atoms with Gasteiger partial charge in [0.2, 0.25) is 0 Å². The van der Waals surface area contributed by atoms with Gasteiger partial charge in [0.15, 0.2) is 6.10 Å². The summed E-state index contributed by atoms with van der Waals surface area (Å²) < 4.78 is 9.62. The number of carbonyl (C=O) groups excluding carboxylic acids is 2. The zero-order chi connectivity index (χ0) is 23.1. The Morgan fingerprint density at radius 1 is 1.10 bits per heavy atom. The normalized spacial score (nSPS) is 15.4. The van der Waals surface area contributed by atoms with Gasteiger partial charge >= 0.3 is 12.1 Å². The van der Waals surface area contributed by atoms with Gasteiger partial charge in [-0.1, -0.05) is 0 Å². The number of hydrogen-bond acceptors (Lipinski definition) is 11. The lowest BCUT2D eigenvalue weighted by Gasteiger charge is -2.25. The number of ether oxygens (including phenoxy) is 2. The van der Waals surface area contributed by atoms with Crippen molar-refractivity contribution in [3.63, 3.8) is 0 Å². The standard InChI is InChI=1S/C17H24N2O11/c1-17(2,3)30-16(25)18-28-8-11(20)12(21)13(22)14(23)15(24)29-10-6-4-9(5-7-10)19(26)27/h4-7,11-14,20-23H,8H2,1-3H3,(H,18,25). The van der Waals surface area contributed by atoms with Crippen molar-refractivity contribution >= 4 is 17.7 Å². The van der Waals surface area contributed by atoms with Gasteiger partial charge < -0.3 is 29.9 Å². The fraction of sp³-hybridized carbons (Fsp3) is 0.529. The summed E-state index contributed by atoms with van der Waals surface area (Å²) in [6, 6.07) is 4.30. The van der Waals surface area contributed by atoms with Crippen molar-refractivity contribution in [2.75, 3.05) is 6.61 Å². The molecule has 0 aliphatic rings. The van der Waals surface area contributed by atoms with Crippen molar-refractivity contribution < 1.29 is 49.2 Å². The lowest BCUT2D eigenvalue weighted by molar-refractivity contribution is -0.384. The van der Waals surface area contributed by atoms with Crippen LogP contribution >= 0.6 is 0 Å². The second-order valence-corrected chi connectivity index (χ2v) is 7.08. The van der Waals surface area contributed by atoms with E-state index in [9.17, 15) is 40.1 Å². The summed E-state index contributed by atoms with van der Waals surface area (Å²) in [6.45, 7) is 4.12. The molecular weight excluding hydrogens is 408 g/mol. The highest BCUT2D eigenvalue weighted by Gasteiger charge is 2.36. The summed E-state index contributed by atoms with van der Waals surface area (Å²) in [7, 11) is 0. The molecule has 1 aromatic carbocycles. The Hall–Kier alpha value is -2.84. The Balaban J connectivity index is 2.52. The maximum absolute atomic E-state index is 11.9. The van der Waals surface area contributed by atoms with E-state index >= 15 is 0 Å². The maximum Gasteiger partial charge on any atom is 0.431 e. The van der Waals surface area contributed by atoms with Crippen LogP contribution in [0.1, 0.15) is 20.8 Å². The number of rotatable bonds is 9. The minimum Gasteiger partial charge on any atom is -0.442 e. The van der Waals surface area contributed by atoms with Gasteiger partial charge in [-0.3, -0.25) is 15.0 Å². The third kappa shape index (κ3) is 8.26. The molecule has 13 heteroatoms. The molecule has 1 rings (SSSR count). The lowest BCUT2D eigenvalue weighted by atomic mass is 10.0. The number of aliphatic hydroxyl groups is 4. The van der Waals surface area contributed by atoms with Crippen LogP contribution in [0.2, 0.25) is 0 Å². The second-order valence-electron chi connectivity index (χ2n) is 7.08. The quantitative estimate of drug-likeness (QED) is 0.144. The average molecular weight is 432 g/mol. The fourth-order valence-electron chi connectivity index (χ4n) is 1.95. The molecule has 0 fully saturated rings. The topological polar surface area (TPSA) is 198 Å². The first kappa shape index (κ1) is 25.2. The number of nitrogens with zero attached hydrogens (tertiary/aromatic N) is 1. The number of nitro groups is 1. The van der Waals surface area contributed by atoms with Crippen LogP contribution in [0.5, 0.6) is 5.75 Å². The molecular formula is C17H24N2O11. The molecule has 0 aliphatic heterocycles. The molecule has 4 unspecified atom stereocenters. The van der Waals surface area contributed by atoms with Crippen LogP contribution in [0.3, 0.4) is 0 Å². The largest absolute Gasteiger partial charge is 0.442 e. The molecule has 30 heavy (non-hydrogen) atoms. The van der Waals surface area contributed by atoms with Gasteiger partial charge in [0.25, 0.3) is 5.69 Å². The molecule has 1 amide bonds. The minimum atomic E-state index is -2.26. The van der Waals surface area contributed by atoms with Crippen LogP contribution in [0.25, 0.3) is 0 Å². The first-order valence-corrected chi connectivity index (χ1v) is 8.61. The number of nitrogens with one attached hydrogen (secondary N) is 1. The van der Waals surface area contributed by atoms with E-state index in [1.165, 1.54) is 0 Å². The summed E-state index contributed by atoms with van der Waals surface area (Å²) in [6.07, 6.45) is -9.25. The monoisotopic (exact) mass is 432 g/mol. The number of benzene rings is 1. The van der Waals surface area contributed by atoms with Gasteiger partial charge in [0.1, 0.15) is 36.3 Å². The molecule has 0 bridgehead atoms. The molecule has 0 aliphatic carbocycles. The second kappa shape index (κ2) is 10.8. The molecule has 13 nitrogen and oxygen atoms in total. The molecule has 1 aromatic rings. The van der Waals surface area contributed by atoms with Crippen LogP contribution in [-0.4, -0.2) is 74.0 Å². The van der Waals surface area contributed by atoms with E-state index in [0.29, 0.717) is 0 Å². The van der Waals surface area contributed by atoms with Crippen LogP contribution in [0, 0.1) is 10.1 Å². The molecule has 0 radical (unpaired) electrons. The van der Waals surface area contributed by atoms with Gasteiger partial charge in [-0.05, 0) is 32.9 Å². The molecule has 0 aromatic heterocycles. The fourth-order valence-corrected chi connectivity index (χ4v) is 1.95. The van der Waals surface area contributed by atoms with Crippen molar-refractivity contribution in [2.24, 2.45) is 0 Å². The number of carbonyl (C=O) groups is 2. The van der Waals surface area contributed by atoms with Crippen LogP contribution in [0.15, 0.2) is 24.3 Å². The van der Waals surface area contributed by atoms with E-state index in [1.54, 1.807) is 20.8 Å². The molecule has 4 atom stereocenters. The number of aliphatic hydroxyl groups excluding tert-OH is 4. The third-order valence-corrected chi connectivity index (χ3v) is 3.38. The van der Waals surface area contributed by atoms with Crippen LogP contribution < -0.4 is 10.2 Å². The minimum absolute atomic E-state index is 0.156. The average Bonchev–Trinajstić information content (AvgIpc) is 2.64. The molecule has 0 saturated heterocycles. The Morgan fingerprint density at radius 2 is 1.67 bits per heavy atom. The summed E-state index contributed by atoms with van der Waals surface area (Å²) >= 11 is 0. The Bertz CT molecular complexity index is 732. The highest BCUT2D eigenvalue weighted by molar-refractivity contribution is 5.77. The van der Waals surface area contributed by atoms with Gasteiger partial charge in [-0.15, -0.1) is 0 Å². The molecule has 0 heterocycles.